The molecule has 1 aliphatic carbocycles. The molecule has 28 heavy (non-hydrogen) atoms. The minimum absolute atomic E-state index is 0.0696. The summed E-state index contributed by atoms with van der Waals surface area (Å²) in [5.74, 6) is 0.292. The van der Waals surface area contributed by atoms with Crippen LogP contribution in [0.25, 0.3) is 10.2 Å². The van der Waals surface area contributed by atoms with Crippen LogP contribution < -0.4 is 0 Å². The van der Waals surface area contributed by atoms with Gasteiger partial charge in [-0.25, -0.2) is 4.98 Å². The van der Waals surface area contributed by atoms with Crippen molar-refractivity contribution in [2.45, 2.75) is 53.3 Å². The smallest absolute Gasteiger partial charge is 0.222 e. The Hall–Kier alpha value is -1.37. The largest absolute Gasteiger partial charge is 0.342 e. The summed E-state index contributed by atoms with van der Waals surface area (Å²) < 4.78 is 3.33. The minimum atomic E-state index is 0.0696. The van der Waals surface area contributed by atoms with Crippen molar-refractivity contribution in [3.63, 3.8) is 0 Å². The molecule has 3 nitrogen and oxygen atoms in total. The van der Waals surface area contributed by atoms with Crippen molar-refractivity contribution < 1.29 is 4.79 Å². The maximum Gasteiger partial charge on any atom is 0.222 e. The highest BCUT2D eigenvalue weighted by atomic mass is 79.9. The fraction of sp³-hybridized carbons (Fsp3) is 0.364. The van der Waals surface area contributed by atoms with Gasteiger partial charge in [-0.3, -0.25) is 4.79 Å². The lowest BCUT2D eigenvalue weighted by atomic mass is 9.63. The number of piperidine rings is 1. The van der Waals surface area contributed by atoms with E-state index in [1.165, 1.54) is 20.7 Å². The van der Waals surface area contributed by atoms with Gasteiger partial charge in [-0.15, -0.1) is 11.3 Å². The Kier molecular flexibility index (Phi) is 4.56. The van der Waals surface area contributed by atoms with Crippen molar-refractivity contribution in [1.82, 2.24) is 9.88 Å². The number of aromatic nitrogens is 1. The number of hydrogen-bond acceptors (Lipinski definition) is 4. The maximum atomic E-state index is 12.2. The normalized spacial score (nSPS) is 24.3. The fourth-order valence-corrected chi connectivity index (χ4v) is 7.58. The van der Waals surface area contributed by atoms with Gasteiger partial charge in [0.25, 0.3) is 0 Å². The number of fused-ring (bicyclic) bond motifs is 4. The number of amides is 1. The first kappa shape index (κ1) is 18.6. The molecule has 6 heteroatoms. The molecule has 2 atom stereocenters. The van der Waals surface area contributed by atoms with Gasteiger partial charge in [-0.1, -0.05) is 30.8 Å². The van der Waals surface area contributed by atoms with E-state index in [-0.39, 0.29) is 5.41 Å². The second kappa shape index (κ2) is 6.85. The molecule has 1 aromatic heterocycles. The number of carbonyl (C=O) groups is 1. The number of benzene rings is 2. The third-order valence-corrected chi connectivity index (χ3v) is 9.10. The van der Waals surface area contributed by atoms with Crippen molar-refractivity contribution in [3.8, 4) is 0 Å². The van der Waals surface area contributed by atoms with Crippen molar-refractivity contribution in [2.24, 2.45) is 0 Å². The molecule has 0 radical (unpaired) electrons. The molecule has 2 aromatic carbocycles. The molecule has 1 fully saturated rings. The van der Waals surface area contributed by atoms with Crippen molar-refractivity contribution in [1.29, 1.82) is 0 Å². The SMILES string of the molecule is CN1C(=O)CC[C@]2(C)c3ccc(Sc4nc5c(Br)cccc5s4)cc3CC[C@@H]12. The Balaban J connectivity index is 1.46. The van der Waals surface area contributed by atoms with Crippen molar-refractivity contribution in [3.05, 3.63) is 52.0 Å². The lowest BCUT2D eigenvalue weighted by molar-refractivity contribution is -0.138. The van der Waals surface area contributed by atoms with E-state index in [1.54, 1.807) is 23.1 Å². The van der Waals surface area contributed by atoms with Gasteiger partial charge in [0.05, 0.1) is 10.2 Å². The number of hydrogen-bond donors (Lipinski definition) is 0. The first-order chi connectivity index (χ1) is 13.5. The summed E-state index contributed by atoms with van der Waals surface area (Å²) in [7, 11) is 1.98. The predicted octanol–water partition coefficient (Wildman–Crippen LogP) is 6.03. The number of likely N-dealkylation sites (N-methyl/N-ethyl adjacent to an activating group) is 1. The van der Waals surface area contributed by atoms with Crippen LogP contribution in [0, 0.1) is 0 Å². The number of halogens is 1. The number of nitrogens with zero attached hydrogens (tertiary/aromatic N) is 2. The van der Waals surface area contributed by atoms with Gasteiger partial charge >= 0.3 is 0 Å². The first-order valence-electron chi connectivity index (χ1n) is 9.58. The number of aryl methyl sites for hydroxylation is 1. The average molecular weight is 473 g/mol. The van der Waals surface area contributed by atoms with Crippen LogP contribution in [0.15, 0.2) is 50.1 Å². The summed E-state index contributed by atoms with van der Waals surface area (Å²) in [4.78, 5) is 20.2. The Labute approximate surface area is 181 Å². The molecule has 0 spiro atoms. The minimum Gasteiger partial charge on any atom is -0.342 e. The third-order valence-electron chi connectivity index (χ3n) is 6.39. The van der Waals surface area contributed by atoms with Gasteiger partial charge in [0, 0.05) is 34.3 Å². The van der Waals surface area contributed by atoms with Gasteiger partial charge in [0.2, 0.25) is 5.91 Å². The number of rotatable bonds is 2. The topological polar surface area (TPSA) is 33.2 Å². The summed E-state index contributed by atoms with van der Waals surface area (Å²) in [6.45, 7) is 2.34. The van der Waals surface area contributed by atoms with E-state index in [9.17, 15) is 4.79 Å². The summed E-state index contributed by atoms with van der Waals surface area (Å²) in [6, 6.07) is 13.4. The highest BCUT2D eigenvalue weighted by molar-refractivity contribution is 9.10. The Bertz CT molecular complexity index is 1100. The Morgan fingerprint density at radius 2 is 2.14 bits per heavy atom. The molecular weight excluding hydrogens is 452 g/mol. The highest BCUT2D eigenvalue weighted by Gasteiger charge is 2.46. The highest BCUT2D eigenvalue weighted by Crippen LogP contribution is 2.47. The molecule has 144 valence electrons. The fourth-order valence-electron chi connectivity index (χ4n) is 4.87. The van der Waals surface area contributed by atoms with Gasteiger partial charge in [-0.05, 0) is 70.6 Å². The van der Waals surface area contributed by atoms with E-state index in [0.717, 1.165) is 33.6 Å². The lowest BCUT2D eigenvalue weighted by Crippen LogP contribution is -2.56. The molecular formula is C22H21BrN2OS2. The Morgan fingerprint density at radius 1 is 1.29 bits per heavy atom. The van der Waals surface area contributed by atoms with Crippen molar-refractivity contribution in [2.75, 3.05) is 7.05 Å². The second-order valence-corrected chi connectivity index (χ2v) is 11.2. The lowest BCUT2D eigenvalue weighted by Gasteiger charge is -2.50. The average Bonchev–Trinajstić information content (AvgIpc) is 3.09. The quantitative estimate of drug-likeness (QED) is 0.455. The van der Waals surface area contributed by atoms with Crippen LogP contribution in [0.3, 0.4) is 0 Å². The number of thiazole rings is 1. The first-order valence-corrected chi connectivity index (χ1v) is 12.0. The molecule has 1 aliphatic heterocycles. The van der Waals surface area contributed by atoms with Gasteiger partial charge in [0.15, 0.2) is 4.34 Å². The molecule has 3 aromatic rings. The second-order valence-electron chi connectivity index (χ2n) is 7.96. The summed E-state index contributed by atoms with van der Waals surface area (Å²) in [6.07, 6.45) is 3.69. The van der Waals surface area contributed by atoms with Crippen LogP contribution in [0.5, 0.6) is 0 Å². The molecule has 2 aliphatic rings. The van der Waals surface area contributed by atoms with Crippen LogP contribution >= 0.6 is 39.0 Å². The zero-order valence-electron chi connectivity index (χ0n) is 15.9. The number of para-hydroxylation sites is 1. The van der Waals surface area contributed by atoms with E-state index in [1.807, 2.05) is 18.0 Å². The van der Waals surface area contributed by atoms with E-state index in [0.29, 0.717) is 18.4 Å². The van der Waals surface area contributed by atoms with E-state index < -0.39 is 0 Å². The van der Waals surface area contributed by atoms with Crippen LogP contribution in [0.2, 0.25) is 0 Å². The van der Waals surface area contributed by atoms with Gasteiger partial charge < -0.3 is 4.90 Å². The molecule has 0 bridgehead atoms. The maximum absolute atomic E-state index is 12.2. The molecule has 5 rings (SSSR count). The monoisotopic (exact) mass is 472 g/mol. The summed E-state index contributed by atoms with van der Waals surface area (Å²) >= 11 is 7.08. The molecule has 0 N–H and O–H groups in total. The number of carbonyl (C=O) groups excluding carboxylic acids is 1. The van der Waals surface area contributed by atoms with E-state index in [4.69, 9.17) is 4.98 Å². The molecule has 1 saturated heterocycles. The van der Waals surface area contributed by atoms with Crippen molar-refractivity contribution >= 4 is 55.2 Å². The zero-order valence-corrected chi connectivity index (χ0v) is 19.1. The van der Waals surface area contributed by atoms with E-state index in [2.05, 4.69) is 53.2 Å². The number of likely N-dealkylation sites (tertiary alicyclic amines) is 1. The molecule has 0 saturated carbocycles. The standard InChI is InChI=1S/C22H21BrN2OS2/c1-22-11-10-19(26)25(2)18(22)9-6-13-12-14(7-8-15(13)22)27-21-24-20-16(23)4-3-5-17(20)28-21/h3-5,7-8,12,18H,6,9-11H2,1-2H3/t18-,22-/m1/s1. The van der Waals surface area contributed by atoms with Crippen LogP contribution in [-0.2, 0) is 16.6 Å². The zero-order chi connectivity index (χ0) is 19.5. The van der Waals surface area contributed by atoms with Gasteiger partial charge in [-0.2, -0.15) is 0 Å². The molecule has 0 unspecified atom stereocenters. The van der Waals surface area contributed by atoms with Crippen LogP contribution in [0.1, 0.15) is 37.3 Å². The Morgan fingerprint density at radius 3 is 2.96 bits per heavy atom. The van der Waals surface area contributed by atoms with Gasteiger partial charge in [0.1, 0.15) is 0 Å². The van der Waals surface area contributed by atoms with Crippen LogP contribution in [-0.4, -0.2) is 28.9 Å². The van der Waals surface area contributed by atoms with E-state index >= 15 is 0 Å². The predicted molar refractivity (Wildman–Crippen MR) is 119 cm³/mol. The third kappa shape index (κ3) is 2.92. The summed E-state index contributed by atoms with van der Waals surface area (Å²) in [5.41, 5.74) is 3.98. The molecule has 2 heterocycles. The molecule has 1 amide bonds. The van der Waals surface area contributed by atoms with Crippen LogP contribution in [0.4, 0.5) is 0 Å². The summed E-state index contributed by atoms with van der Waals surface area (Å²) in [5, 5.41) is 0.